The first-order chi connectivity index (χ1) is 13.4. The predicted octanol–water partition coefficient (Wildman–Crippen LogP) is 3.69. The minimum Gasteiger partial charge on any atom is -0.480 e. The number of nitrogens with zero attached hydrogens (tertiary/aromatic N) is 2. The van der Waals surface area contributed by atoms with E-state index < -0.39 is 5.97 Å². The van der Waals surface area contributed by atoms with E-state index >= 15 is 0 Å². The number of nitrogen functional groups attached to an aromatic ring is 1. The Morgan fingerprint density at radius 1 is 1.25 bits per heavy atom. The van der Waals surface area contributed by atoms with Crippen molar-refractivity contribution in [3.05, 3.63) is 71.5 Å². The lowest BCUT2D eigenvalue weighted by molar-refractivity contribution is -0.135. The van der Waals surface area contributed by atoms with Crippen LogP contribution in [0, 0.1) is 6.92 Å². The number of aryl methyl sites for hydroxylation is 1. The van der Waals surface area contributed by atoms with Gasteiger partial charge in [0.25, 0.3) is 0 Å². The maximum Gasteiger partial charge on any atom is 0.322 e. The van der Waals surface area contributed by atoms with Crippen molar-refractivity contribution in [2.24, 2.45) is 4.99 Å². The van der Waals surface area contributed by atoms with Gasteiger partial charge in [0.1, 0.15) is 6.54 Å². The molecule has 0 bridgehead atoms. The quantitative estimate of drug-likeness (QED) is 0.710. The fourth-order valence-corrected chi connectivity index (χ4v) is 3.59. The van der Waals surface area contributed by atoms with Crippen molar-refractivity contribution >= 4 is 34.4 Å². The lowest BCUT2D eigenvalue weighted by Crippen LogP contribution is -2.41. The number of nitrogens with two attached hydrogens (primary N) is 1. The number of anilines is 3. The summed E-state index contributed by atoms with van der Waals surface area (Å²) in [5, 5.41) is 12.0. The summed E-state index contributed by atoms with van der Waals surface area (Å²) in [7, 11) is 0. The number of hydrogen-bond acceptors (Lipinski definition) is 5. The van der Waals surface area contributed by atoms with Crippen molar-refractivity contribution in [2.45, 2.75) is 19.9 Å². The summed E-state index contributed by atoms with van der Waals surface area (Å²) in [6, 6.07) is 13.9. The van der Waals surface area contributed by atoms with Gasteiger partial charge >= 0.3 is 5.97 Å². The van der Waals surface area contributed by atoms with Crippen molar-refractivity contribution in [1.29, 1.82) is 0 Å². The van der Waals surface area contributed by atoms with Gasteiger partial charge in [-0.3, -0.25) is 4.79 Å². The van der Waals surface area contributed by atoms with Crippen molar-refractivity contribution in [3.8, 4) is 0 Å². The Morgan fingerprint density at radius 2 is 2.00 bits per heavy atom. The maximum absolute atomic E-state index is 11.0. The van der Waals surface area contributed by atoms with Gasteiger partial charge in [-0.05, 0) is 61.4 Å². The molecule has 142 valence electrons. The molecule has 2 aromatic rings. The lowest BCUT2D eigenvalue weighted by atomic mass is 9.93. The third-order valence-corrected chi connectivity index (χ3v) is 5.03. The second-order valence-electron chi connectivity index (χ2n) is 7.04. The van der Waals surface area contributed by atoms with Crippen LogP contribution in [0.3, 0.4) is 0 Å². The minimum atomic E-state index is -0.898. The molecule has 1 heterocycles. The summed E-state index contributed by atoms with van der Waals surface area (Å²) in [5.74, 6) is -0.898. The van der Waals surface area contributed by atoms with E-state index in [2.05, 4.69) is 10.2 Å². The Labute approximate surface area is 163 Å². The highest BCUT2D eigenvalue weighted by Gasteiger charge is 2.32. The van der Waals surface area contributed by atoms with Gasteiger partial charge in [-0.2, -0.15) is 0 Å². The molecular formula is C22H22N4O2. The topological polar surface area (TPSA) is 91.0 Å². The van der Waals surface area contributed by atoms with E-state index in [0.717, 1.165) is 39.6 Å². The van der Waals surface area contributed by atoms with Crippen LogP contribution >= 0.6 is 0 Å². The molecule has 28 heavy (non-hydrogen) atoms. The Morgan fingerprint density at radius 3 is 2.71 bits per heavy atom. The number of aliphatic carboxylic acids is 1. The van der Waals surface area contributed by atoms with Gasteiger partial charge < -0.3 is 21.1 Å². The summed E-state index contributed by atoms with van der Waals surface area (Å²) in [6.07, 6.45) is 4.04. The van der Waals surface area contributed by atoms with Crippen LogP contribution in [-0.4, -0.2) is 29.4 Å². The molecular weight excluding hydrogens is 352 g/mol. The van der Waals surface area contributed by atoms with Crippen molar-refractivity contribution in [1.82, 2.24) is 5.32 Å². The Kier molecular flexibility index (Phi) is 4.39. The molecule has 0 amide bonds. The van der Waals surface area contributed by atoms with E-state index in [0.29, 0.717) is 5.69 Å². The van der Waals surface area contributed by atoms with Crippen LogP contribution in [0.25, 0.3) is 0 Å². The summed E-state index contributed by atoms with van der Waals surface area (Å²) in [6.45, 7) is 3.80. The largest absolute Gasteiger partial charge is 0.480 e. The number of fused-ring (bicyclic) bond motifs is 2. The third-order valence-electron chi connectivity index (χ3n) is 5.03. The van der Waals surface area contributed by atoms with E-state index in [1.165, 1.54) is 0 Å². The highest BCUT2D eigenvalue weighted by molar-refractivity contribution is 6.10. The first kappa shape index (κ1) is 17.9. The second kappa shape index (κ2) is 6.88. The first-order valence-corrected chi connectivity index (χ1v) is 9.13. The van der Waals surface area contributed by atoms with Crippen LogP contribution in [0.2, 0.25) is 0 Å². The van der Waals surface area contributed by atoms with Gasteiger partial charge in [0.2, 0.25) is 0 Å². The van der Waals surface area contributed by atoms with Crippen molar-refractivity contribution in [3.63, 3.8) is 0 Å². The van der Waals surface area contributed by atoms with E-state index in [1.54, 1.807) is 0 Å². The lowest BCUT2D eigenvalue weighted by Gasteiger charge is -2.38. The maximum atomic E-state index is 11.0. The van der Waals surface area contributed by atoms with Gasteiger partial charge in [-0.15, -0.1) is 0 Å². The monoisotopic (exact) mass is 374 g/mol. The minimum absolute atomic E-state index is 0.135. The molecule has 1 aliphatic heterocycles. The normalized spacial score (nSPS) is 17.7. The van der Waals surface area contributed by atoms with Gasteiger partial charge in [0, 0.05) is 17.1 Å². The molecule has 0 spiro atoms. The molecule has 1 unspecified atom stereocenters. The number of allylic oxidation sites excluding steroid dienone is 1. The van der Waals surface area contributed by atoms with Crippen molar-refractivity contribution < 1.29 is 9.90 Å². The number of rotatable bonds is 4. The summed E-state index contributed by atoms with van der Waals surface area (Å²) in [5.41, 5.74) is 13.4. The van der Waals surface area contributed by atoms with Crippen LogP contribution in [0.4, 0.5) is 22.7 Å². The number of para-hydroxylation sites is 1. The van der Waals surface area contributed by atoms with E-state index in [4.69, 9.17) is 15.8 Å². The van der Waals surface area contributed by atoms with Crippen LogP contribution in [0.5, 0.6) is 0 Å². The summed E-state index contributed by atoms with van der Waals surface area (Å²) >= 11 is 0. The molecule has 6 heteroatoms. The summed E-state index contributed by atoms with van der Waals surface area (Å²) in [4.78, 5) is 18.1. The van der Waals surface area contributed by atoms with E-state index in [9.17, 15) is 4.79 Å². The second-order valence-corrected chi connectivity index (χ2v) is 7.04. The highest BCUT2D eigenvalue weighted by Crippen LogP contribution is 2.43. The number of benzene rings is 2. The fourth-order valence-electron chi connectivity index (χ4n) is 3.59. The molecule has 4 N–H and O–H groups in total. The van der Waals surface area contributed by atoms with Gasteiger partial charge in [-0.1, -0.05) is 18.2 Å². The van der Waals surface area contributed by atoms with Crippen molar-refractivity contribution in [2.75, 3.05) is 17.2 Å². The van der Waals surface area contributed by atoms with Crippen LogP contribution < -0.4 is 16.0 Å². The zero-order valence-corrected chi connectivity index (χ0v) is 15.8. The molecule has 0 radical (unpaired) electrons. The number of carboxylic acid groups (broad SMARTS) is 1. The molecule has 0 fully saturated rings. The molecule has 6 nitrogen and oxygen atoms in total. The van der Waals surface area contributed by atoms with E-state index in [-0.39, 0.29) is 12.6 Å². The molecule has 1 atom stereocenters. The van der Waals surface area contributed by atoms with Crippen LogP contribution in [-0.2, 0) is 4.79 Å². The smallest absolute Gasteiger partial charge is 0.322 e. The van der Waals surface area contributed by atoms with E-state index in [1.807, 2.05) is 68.5 Å². The molecule has 2 aromatic carbocycles. The van der Waals surface area contributed by atoms with Gasteiger partial charge in [0.05, 0.1) is 23.1 Å². The number of carboxylic acids is 1. The third kappa shape index (κ3) is 3.13. The Hall–Kier alpha value is -3.54. The fraction of sp³-hybridized carbons (Fsp3) is 0.182. The molecule has 4 rings (SSSR count). The first-order valence-electron chi connectivity index (χ1n) is 9.13. The zero-order valence-electron chi connectivity index (χ0n) is 15.8. The van der Waals surface area contributed by atoms with Gasteiger partial charge in [0.15, 0.2) is 0 Å². The zero-order chi connectivity index (χ0) is 19.8. The predicted molar refractivity (Wildman–Crippen MR) is 113 cm³/mol. The Bertz CT molecular complexity index is 1040. The summed E-state index contributed by atoms with van der Waals surface area (Å²) < 4.78 is 0. The van der Waals surface area contributed by atoms with Crippen LogP contribution in [0.1, 0.15) is 12.5 Å². The van der Waals surface area contributed by atoms with Gasteiger partial charge in [-0.25, -0.2) is 4.99 Å². The molecule has 1 aliphatic carbocycles. The molecule has 0 aromatic heterocycles. The van der Waals surface area contributed by atoms with Crippen LogP contribution in [0.15, 0.2) is 70.9 Å². The number of carbonyl (C=O) groups is 1. The average molecular weight is 374 g/mol. The molecule has 0 saturated heterocycles. The average Bonchev–Trinajstić information content (AvgIpc) is 2.66. The standard InChI is InChI=1S/C22H22N4O2/c1-13-8-18-20(10-16(13)23)26(15-6-4-3-5-7-15)21-11-17(24-12-22(27)28)14(2)9-19(21)25-18/h3-11,21,24H,12,23H2,1-2H3,(H,27,28). The Balaban J connectivity index is 1.86. The molecule has 2 aliphatic rings. The number of nitrogens with one attached hydrogen (secondary N) is 1. The number of hydrogen-bond donors (Lipinski definition) is 3. The SMILES string of the molecule is CC1=CC2=Nc3cc(C)c(N)cc3N(c3ccccc3)C2C=C1NCC(=O)O. The number of aliphatic imine (C=N–C) groups is 1. The molecule has 0 saturated carbocycles. The highest BCUT2D eigenvalue weighted by atomic mass is 16.4.